The lowest BCUT2D eigenvalue weighted by atomic mass is 9.95. The van der Waals surface area contributed by atoms with E-state index in [4.69, 9.17) is 53.0 Å². The molecular formula is C45H48N12O11. The third kappa shape index (κ3) is 13.4. The summed E-state index contributed by atoms with van der Waals surface area (Å²) in [5, 5.41) is 64.4. The van der Waals surface area contributed by atoms with Crippen molar-refractivity contribution in [3.05, 3.63) is 135 Å². The maximum atomic E-state index is 13.1. The van der Waals surface area contributed by atoms with E-state index in [9.17, 15) is 34.5 Å². The van der Waals surface area contributed by atoms with E-state index in [1.54, 1.807) is 30.7 Å². The van der Waals surface area contributed by atoms with Crippen LogP contribution in [0.5, 0.6) is 17.2 Å². The number of phenolic OH excluding ortho intramolecular Hbond substituents is 3. The van der Waals surface area contributed by atoms with Gasteiger partial charge in [-0.05, 0) is 114 Å². The molecule has 1 fully saturated rings. The second-order valence-electron chi connectivity index (χ2n) is 15.6. The van der Waals surface area contributed by atoms with Crippen LogP contribution in [0.4, 0.5) is 17.1 Å². The van der Waals surface area contributed by atoms with Crippen LogP contribution < -0.4 is 22.5 Å². The van der Waals surface area contributed by atoms with Crippen molar-refractivity contribution in [2.75, 3.05) is 5.73 Å². The lowest BCUT2D eigenvalue weighted by Gasteiger charge is -2.25. The summed E-state index contributed by atoms with van der Waals surface area (Å²) in [5.41, 5.74) is 37.7. The van der Waals surface area contributed by atoms with E-state index in [2.05, 4.69) is 29.9 Å². The standard InChI is InChI=1S/C27H26N6O5.C9H10N4O3.C9H12N2O3/c28-32-31-21-12-16(6-9-24(21)34)13-22(27(36)37)30-26(35)17-7-8-23-20(14-17)29-25(18-10-11-38-15-18)33(23)19-4-2-1-3-5-19;10-6(9(15)16)3-5-1-2-8(14)7(4-5)12-13-11;10-6-3-5(1-2-8(6)12)4-7(11)9(13)14/h6-12,14-15,19,22,34H,1-5,13H2,(H,30,35)(H,36,37);1-2,4,6,14H,3,10H2,(H,15,16);1-3,7,12H,4,10-11H2,(H,13,14)/t22-;6-;7-/m000/s1. The number of fused-ring (bicyclic) bond motifs is 1. The summed E-state index contributed by atoms with van der Waals surface area (Å²) in [6, 6.07) is 17.1. The molecule has 1 aliphatic rings. The monoisotopic (exact) mass is 932 g/mol. The molecule has 7 rings (SSSR count). The number of aromatic hydroxyl groups is 3. The Balaban J connectivity index is 0.000000236. The first kappa shape index (κ1) is 50.3. The second kappa shape index (κ2) is 23.4. The van der Waals surface area contributed by atoms with E-state index >= 15 is 0 Å². The lowest BCUT2D eigenvalue weighted by Crippen LogP contribution is -2.42. The molecule has 3 atom stereocenters. The summed E-state index contributed by atoms with van der Waals surface area (Å²) in [7, 11) is 0. The number of rotatable bonds is 15. The number of amides is 1. The van der Waals surface area contributed by atoms with Gasteiger partial charge in [0.15, 0.2) is 0 Å². The Labute approximate surface area is 386 Å². The minimum atomic E-state index is -1.25. The number of nitrogen functional groups attached to an aromatic ring is 1. The molecule has 2 heterocycles. The zero-order chi connectivity index (χ0) is 49.5. The van der Waals surface area contributed by atoms with Crippen molar-refractivity contribution >= 4 is 51.9 Å². The molecule has 23 heteroatoms. The number of imidazole rings is 1. The number of carbonyl (C=O) groups excluding carboxylic acids is 1. The van der Waals surface area contributed by atoms with E-state index in [0.29, 0.717) is 28.2 Å². The van der Waals surface area contributed by atoms with Gasteiger partial charge in [-0.2, -0.15) is 0 Å². The highest BCUT2D eigenvalue weighted by atomic mass is 16.4. The number of carboxylic acid groups (broad SMARTS) is 3. The van der Waals surface area contributed by atoms with Crippen LogP contribution >= 0.6 is 0 Å². The highest BCUT2D eigenvalue weighted by molar-refractivity contribution is 5.99. The first-order valence-electron chi connectivity index (χ1n) is 20.9. The van der Waals surface area contributed by atoms with Gasteiger partial charge in [0, 0.05) is 27.8 Å². The topological polar surface area (TPSA) is 408 Å². The number of benzene rings is 4. The van der Waals surface area contributed by atoms with Gasteiger partial charge in [0.25, 0.3) is 5.91 Å². The van der Waals surface area contributed by atoms with Gasteiger partial charge in [-0.25, -0.2) is 9.78 Å². The Morgan fingerprint density at radius 2 is 1.28 bits per heavy atom. The third-order valence-corrected chi connectivity index (χ3v) is 10.7. The maximum absolute atomic E-state index is 13.1. The Morgan fingerprint density at radius 3 is 1.78 bits per heavy atom. The van der Waals surface area contributed by atoms with Crippen LogP contribution in [-0.2, 0) is 33.6 Å². The van der Waals surface area contributed by atoms with E-state index in [1.165, 1.54) is 55.0 Å². The Kier molecular flexibility index (Phi) is 17.3. The molecule has 1 aliphatic carbocycles. The lowest BCUT2D eigenvalue weighted by molar-refractivity contribution is -0.139. The predicted molar refractivity (Wildman–Crippen MR) is 247 cm³/mol. The molecule has 4 aromatic carbocycles. The van der Waals surface area contributed by atoms with E-state index < -0.39 is 41.9 Å². The number of anilines is 1. The summed E-state index contributed by atoms with van der Waals surface area (Å²) in [6.45, 7) is 0. The van der Waals surface area contributed by atoms with Crippen LogP contribution in [0.25, 0.3) is 43.3 Å². The van der Waals surface area contributed by atoms with Crippen LogP contribution in [-0.4, -0.2) is 82.1 Å². The minimum absolute atomic E-state index is 0.0161. The largest absolute Gasteiger partial charge is 0.507 e. The van der Waals surface area contributed by atoms with Crippen molar-refractivity contribution in [3.63, 3.8) is 0 Å². The zero-order valence-electron chi connectivity index (χ0n) is 36.2. The highest BCUT2D eigenvalue weighted by Crippen LogP contribution is 2.36. The smallest absolute Gasteiger partial charge is 0.326 e. The van der Waals surface area contributed by atoms with Crippen molar-refractivity contribution in [2.45, 2.75) is 75.5 Å². The van der Waals surface area contributed by atoms with Crippen molar-refractivity contribution in [3.8, 4) is 28.6 Å². The summed E-state index contributed by atoms with van der Waals surface area (Å²) >= 11 is 0. The number of phenols is 3. The van der Waals surface area contributed by atoms with Crippen molar-refractivity contribution in [2.24, 2.45) is 21.7 Å². The van der Waals surface area contributed by atoms with Gasteiger partial charge in [-0.1, -0.05) is 47.7 Å². The molecule has 354 valence electrons. The first-order valence-corrected chi connectivity index (χ1v) is 20.9. The Bertz CT molecular complexity index is 2870. The van der Waals surface area contributed by atoms with E-state index in [-0.39, 0.29) is 59.1 Å². The zero-order valence-corrected chi connectivity index (χ0v) is 36.2. The highest BCUT2D eigenvalue weighted by Gasteiger charge is 2.26. The van der Waals surface area contributed by atoms with Gasteiger partial charge >= 0.3 is 17.9 Å². The second-order valence-corrected chi connectivity index (χ2v) is 15.6. The fourth-order valence-corrected chi connectivity index (χ4v) is 7.28. The number of carboxylic acids is 3. The summed E-state index contributed by atoms with van der Waals surface area (Å²) in [5.74, 6) is -3.56. The average molecular weight is 933 g/mol. The number of hydrogen-bond acceptors (Lipinski definition) is 14. The van der Waals surface area contributed by atoms with Crippen LogP contribution in [0, 0.1) is 0 Å². The summed E-state index contributed by atoms with van der Waals surface area (Å²) < 4.78 is 7.53. The van der Waals surface area contributed by atoms with Gasteiger partial charge in [-0.15, -0.1) is 0 Å². The Morgan fingerprint density at radius 1 is 0.735 bits per heavy atom. The Hall–Kier alpha value is -8.75. The maximum Gasteiger partial charge on any atom is 0.326 e. The van der Waals surface area contributed by atoms with Gasteiger partial charge in [0.1, 0.15) is 47.5 Å². The minimum Gasteiger partial charge on any atom is -0.507 e. The van der Waals surface area contributed by atoms with Crippen LogP contribution in [0.3, 0.4) is 0 Å². The van der Waals surface area contributed by atoms with Crippen LogP contribution in [0.15, 0.2) is 106 Å². The fraction of sp³-hybridized carbons (Fsp3) is 0.267. The molecule has 6 aromatic rings. The van der Waals surface area contributed by atoms with Crippen LogP contribution in [0.2, 0.25) is 0 Å². The SMILES string of the molecule is Nc1cc(C[C@H](N)C(=O)O)ccc1O.[N-]=[N+]=Nc1cc(C[C@H](N)C(=O)O)ccc1O.[N-]=[N+]=Nc1cc(C[C@H](NC(=O)c2ccc3c(c2)nc(-c2ccoc2)n3C2CCCCC2)C(=O)O)ccc1O. The van der Waals surface area contributed by atoms with Crippen molar-refractivity contribution < 1.29 is 54.2 Å². The summed E-state index contributed by atoms with van der Waals surface area (Å²) in [6.07, 6.45) is 9.11. The van der Waals surface area contributed by atoms with Crippen molar-refractivity contribution in [1.82, 2.24) is 14.9 Å². The molecular weight excluding hydrogens is 885 g/mol. The van der Waals surface area contributed by atoms with E-state index in [1.807, 2.05) is 12.1 Å². The number of carbonyl (C=O) groups is 4. The van der Waals surface area contributed by atoms with Gasteiger partial charge in [0.2, 0.25) is 0 Å². The number of nitrogens with one attached hydrogen (secondary N) is 1. The number of hydrogen-bond donors (Lipinski definition) is 10. The molecule has 23 nitrogen and oxygen atoms in total. The number of azide groups is 2. The predicted octanol–water partition coefficient (Wildman–Crippen LogP) is 7.09. The fourth-order valence-electron chi connectivity index (χ4n) is 7.28. The average Bonchev–Trinajstić information content (AvgIpc) is 3.99. The normalized spacial score (nSPS) is 13.4. The van der Waals surface area contributed by atoms with Gasteiger partial charge in [0.05, 0.1) is 39.9 Å². The molecule has 0 aliphatic heterocycles. The molecule has 2 aromatic heterocycles. The molecule has 0 radical (unpaired) electrons. The molecule has 1 amide bonds. The molecule has 13 N–H and O–H groups in total. The van der Waals surface area contributed by atoms with E-state index in [0.717, 1.165) is 42.6 Å². The number of aliphatic carboxylic acids is 3. The number of nitrogens with two attached hydrogens (primary N) is 3. The molecule has 0 spiro atoms. The number of furan rings is 1. The first-order chi connectivity index (χ1) is 32.5. The van der Waals surface area contributed by atoms with Gasteiger partial charge in [-0.3, -0.25) is 14.4 Å². The van der Waals surface area contributed by atoms with Crippen molar-refractivity contribution in [1.29, 1.82) is 0 Å². The number of aromatic nitrogens is 2. The third-order valence-electron chi connectivity index (χ3n) is 10.7. The molecule has 0 unspecified atom stereocenters. The van der Waals surface area contributed by atoms with Gasteiger partial charge < -0.3 is 62.1 Å². The summed E-state index contributed by atoms with van der Waals surface area (Å²) in [4.78, 5) is 56.1. The molecule has 68 heavy (non-hydrogen) atoms. The molecule has 1 saturated carbocycles. The number of nitrogens with zero attached hydrogens (tertiary/aromatic N) is 8. The molecule has 0 bridgehead atoms. The van der Waals surface area contributed by atoms with Crippen LogP contribution in [0.1, 0.15) is 65.2 Å². The quantitative estimate of drug-likeness (QED) is 0.0161. The molecule has 0 saturated heterocycles.